The highest BCUT2D eigenvalue weighted by molar-refractivity contribution is 7.92. The molecule has 3 rings (SSSR count). The van der Waals surface area contributed by atoms with Crippen molar-refractivity contribution in [3.05, 3.63) is 83.4 Å². The van der Waals surface area contributed by atoms with Crippen LogP contribution < -0.4 is 19.1 Å². The van der Waals surface area contributed by atoms with Crippen LogP contribution in [-0.4, -0.2) is 58.5 Å². The Bertz CT molecular complexity index is 1420. The molecule has 2 amide bonds. The number of carbonyl (C=O) groups is 2. The maximum Gasteiger partial charge on any atom is 0.264 e. The van der Waals surface area contributed by atoms with E-state index >= 15 is 0 Å². The Morgan fingerprint density at radius 2 is 1.45 bits per heavy atom. The van der Waals surface area contributed by atoms with Crippen molar-refractivity contribution < 1.29 is 27.5 Å². The molecule has 0 unspecified atom stereocenters. The zero-order chi connectivity index (χ0) is 29.4. The van der Waals surface area contributed by atoms with Gasteiger partial charge in [-0.15, -0.1) is 0 Å². The van der Waals surface area contributed by atoms with Crippen LogP contribution in [0.4, 0.5) is 5.69 Å². The number of benzene rings is 3. The standard InChI is InChI=1S/C30H37N3O6S/c1-7-31-30(35)23(4)32(19-24-12-8-21(2)9-13-24)29(34)20-33(25-14-17-27(38-5)28(18-25)39-6)40(36,37)26-15-10-22(3)11-16-26/h8-18,23H,7,19-20H2,1-6H3,(H,31,35)/t23-/m0/s1. The van der Waals surface area contributed by atoms with E-state index in [0.29, 0.717) is 18.0 Å². The van der Waals surface area contributed by atoms with Crippen molar-refractivity contribution in [3.63, 3.8) is 0 Å². The molecule has 0 saturated heterocycles. The van der Waals surface area contributed by atoms with Crippen LogP contribution in [0.2, 0.25) is 0 Å². The summed E-state index contributed by atoms with van der Waals surface area (Å²) in [5, 5.41) is 2.75. The van der Waals surface area contributed by atoms with E-state index in [0.717, 1.165) is 21.0 Å². The average Bonchev–Trinajstić information content (AvgIpc) is 2.95. The Balaban J connectivity index is 2.08. The van der Waals surface area contributed by atoms with E-state index < -0.39 is 28.5 Å². The molecule has 3 aromatic carbocycles. The Labute approximate surface area is 236 Å². The van der Waals surface area contributed by atoms with Gasteiger partial charge in [0.05, 0.1) is 24.8 Å². The van der Waals surface area contributed by atoms with E-state index in [1.165, 1.54) is 37.3 Å². The molecular formula is C30H37N3O6S. The van der Waals surface area contributed by atoms with E-state index in [9.17, 15) is 18.0 Å². The zero-order valence-corrected chi connectivity index (χ0v) is 24.6. The lowest BCUT2D eigenvalue weighted by molar-refractivity contribution is -0.139. The topological polar surface area (TPSA) is 105 Å². The van der Waals surface area contributed by atoms with Crippen molar-refractivity contribution in [3.8, 4) is 11.5 Å². The van der Waals surface area contributed by atoms with E-state index in [4.69, 9.17) is 9.47 Å². The number of hydrogen-bond acceptors (Lipinski definition) is 6. The Hall–Kier alpha value is -4.05. The maximum atomic E-state index is 14.0. The molecule has 0 heterocycles. The van der Waals surface area contributed by atoms with Crippen molar-refractivity contribution in [1.29, 1.82) is 0 Å². The number of nitrogens with one attached hydrogen (secondary N) is 1. The van der Waals surface area contributed by atoms with Crippen LogP contribution >= 0.6 is 0 Å². The van der Waals surface area contributed by atoms with Crippen molar-refractivity contribution in [1.82, 2.24) is 10.2 Å². The number of methoxy groups -OCH3 is 2. The largest absolute Gasteiger partial charge is 0.493 e. The van der Waals surface area contributed by atoms with Gasteiger partial charge < -0.3 is 19.7 Å². The second-order valence-electron chi connectivity index (χ2n) is 9.44. The van der Waals surface area contributed by atoms with E-state index in [1.807, 2.05) is 38.1 Å². The SMILES string of the molecule is CCNC(=O)[C@H](C)N(Cc1ccc(C)cc1)C(=O)CN(c1ccc(OC)c(OC)c1)S(=O)(=O)c1ccc(C)cc1. The third-order valence-electron chi connectivity index (χ3n) is 6.53. The number of amides is 2. The summed E-state index contributed by atoms with van der Waals surface area (Å²) in [5.74, 6) is -0.147. The highest BCUT2D eigenvalue weighted by Gasteiger charge is 2.33. The van der Waals surface area contributed by atoms with Crippen LogP contribution in [0, 0.1) is 13.8 Å². The molecule has 0 aliphatic carbocycles. The summed E-state index contributed by atoms with van der Waals surface area (Å²) in [7, 11) is -1.26. The van der Waals surface area contributed by atoms with E-state index in [-0.39, 0.29) is 23.0 Å². The van der Waals surface area contributed by atoms with Gasteiger partial charge in [0.2, 0.25) is 11.8 Å². The van der Waals surface area contributed by atoms with Gasteiger partial charge in [0.15, 0.2) is 11.5 Å². The molecule has 1 N–H and O–H groups in total. The molecule has 9 nitrogen and oxygen atoms in total. The molecule has 0 aliphatic rings. The first-order chi connectivity index (χ1) is 19.0. The molecule has 0 saturated carbocycles. The minimum Gasteiger partial charge on any atom is -0.493 e. The fraction of sp³-hybridized carbons (Fsp3) is 0.333. The van der Waals surface area contributed by atoms with Crippen molar-refractivity contribution in [2.75, 3.05) is 31.6 Å². The van der Waals surface area contributed by atoms with Crippen molar-refractivity contribution >= 4 is 27.5 Å². The average molecular weight is 568 g/mol. The van der Waals surface area contributed by atoms with Gasteiger partial charge in [0, 0.05) is 19.2 Å². The smallest absolute Gasteiger partial charge is 0.264 e. The van der Waals surface area contributed by atoms with Crippen LogP contribution in [0.3, 0.4) is 0 Å². The van der Waals surface area contributed by atoms with Crippen LogP contribution in [0.5, 0.6) is 11.5 Å². The number of likely N-dealkylation sites (N-methyl/N-ethyl adjacent to an activating group) is 1. The second-order valence-corrected chi connectivity index (χ2v) is 11.3. The predicted molar refractivity (Wildman–Crippen MR) is 155 cm³/mol. The predicted octanol–water partition coefficient (Wildman–Crippen LogP) is 4.07. The lowest BCUT2D eigenvalue weighted by Crippen LogP contribution is -2.51. The number of carbonyl (C=O) groups excluding carboxylic acids is 2. The van der Waals surface area contributed by atoms with Crippen molar-refractivity contribution in [2.24, 2.45) is 0 Å². The van der Waals surface area contributed by atoms with E-state index in [2.05, 4.69) is 5.32 Å². The molecule has 40 heavy (non-hydrogen) atoms. The molecule has 1 atom stereocenters. The number of anilines is 1. The van der Waals surface area contributed by atoms with Crippen molar-refractivity contribution in [2.45, 2.75) is 45.2 Å². The number of nitrogens with zero attached hydrogens (tertiary/aromatic N) is 2. The minimum atomic E-state index is -4.19. The van der Waals surface area contributed by atoms with Crippen LogP contribution in [0.15, 0.2) is 71.6 Å². The molecule has 0 spiro atoms. The Morgan fingerprint density at radius 1 is 0.875 bits per heavy atom. The van der Waals surface area contributed by atoms with Gasteiger partial charge in [-0.25, -0.2) is 8.42 Å². The summed E-state index contributed by atoms with van der Waals surface area (Å²) in [4.78, 5) is 28.2. The molecule has 0 fully saturated rings. The second kappa shape index (κ2) is 13.3. The van der Waals surface area contributed by atoms with Gasteiger partial charge in [-0.2, -0.15) is 0 Å². The number of hydrogen-bond donors (Lipinski definition) is 1. The highest BCUT2D eigenvalue weighted by Crippen LogP contribution is 2.34. The molecule has 0 aromatic heterocycles. The first-order valence-corrected chi connectivity index (χ1v) is 14.4. The highest BCUT2D eigenvalue weighted by atomic mass is 32.2. The fourth-order valence-corrected chi connectivity index (χ4v) is 5.55. The first-order valence-electron chi connectivity index (χ1n) is 13.0. The molecule has 10 heteroatoms. The van der Waals surface area contributed by atoms with Gasteiger partial charge in [0.25, 0.3) is 10.0 Å². The number of ether oxygens (including phenoxy) is 2. The third-order valence-corrected chi connectivity index (χ3v) is 8.32. The summed E-state index contributed by atoms with van der Waals surface area (Å²) in [5.41, 5.74) is 2.98. The van der Waals surface area contributed by atoms with Gasteiger partial charge in [-0.3, -0.25) is 13.9 Å². The lowest BCUT2D eigenvalue weighted by Gasteiger charge is -2.32. The number of rotatable bonds is 12. The summed E-state index contributed by atoms with van der Waals surface area (Å²) in [6.45, 7) is 7.23. The molecule has 214 valence electrons. The quantitative estimate of drug-likeness (QED) is 0.354. The third kappa shape index (κ3) is 7.12. The molecule has 3 aromatic rings. The molecule has 0 bridgehead atoms. The molecule has 0 radical (unpaired) electrons. The normalized spacial score (nSPS) is 11.8. The van der Waals surface area contributed by atoms with Crippen LogP contribution in [-0.2, 0) is 26.2 Å². The Morgan fingerprint density at radius 3 is 2.00 bits per heavy atom. The zero-order valence-electron chi connectivity index (χ0n) is 23.8. The maximum absolute atomic E-state index is 14.0. The fourth-order valence-electron chi connectivity index (χ4n) is 4.14. The van der Waals surface area contributed by atoms with Gasteiger partial charge in [-0.05, 0) is 57.5 Å². The number of sulfonamides is 1. The summed E-state index contributed by atoms with van der Waals surface area (Å²) in [6, 6.07) is 17.8. The van der Waals surface area contributed by atoms with Gasteiger partial charge in [-0.1, -0.05) is 47.5 Å². The molecular weight excluding hydrogens is 530 g/mol. The summed E-state index contributed by atoms with van der Waals surface area (Å²) in [6.07, 6.45) is 0. The molecule has 0 aliphatic heterocycles. The Kier molecular flexibility index (Phi) is 10.2. The number of aryl methyl sites for hydroxylation is 2. The minimum absolute atomic E-state index is 0.0301. The summed E-state index contributed by atoms with van der Waals surface area (Å²) >= 11 is 0. The van der Waals surface area contributed by atoms with Gasteiger partial charge >= 0.3 is 0 Å². The lowest BCUT2D eigenvalue weighted by atomic mass is 10.1. The first kappa shape index (κ1) is 30.5. The van der Waals surface area contributed by atoms with Crippen LogP contribution in [0.25, 0.3) is 0 Å². The summed E-state index contributed by atoms with van der Waals surface area (Å²) < 4.78 is 39.7. The monoisotopic (exact) mass is 567 g/mol. The van der Waals surface area contributed by atoms with Crippen LogP contribution in [0.1, 0.15) is 30.5 Å². The van der Waals surface area contributed by atoms with Gasteiger partial charge in [0.1, 0.15) is 12.6 Å². The van der Waals surface area contributed by atoms with E-state index in [1.54, 1.807) is 38.1 Å².